The fourth-order valence-corrected chi connectivity index (χ4v) is 4.41. The lowest BCUT2D eigenvalue weighted by atomic mass is 10.1. The highest BCUT2D eigenvalue weighted by molar-refractivity contribution is 7.92. The van der Waals surface area contributed by atoms with Crippen molar-refractivity contribution in [1.82, 2.24) is 10.2 Å². The predicted octanol–water partition coefficient (Wildman–Crippen LogP) is 3.36. The molecule has 0 bridgehead atoms. The van der Waals surface area contributed by atoms with E-state index in [4.69, 9.17) is 0 Å². The first-order chi connectivity index (χ1) is 16.1. The topological polar surface area (TPSA) is 86.8 Å². The van der Waals surface area contributed by atoms with Crippen LogP contribution in [0.4, 0.5) is 10.1 Å². The van der Waals surface area contributed by atoms with Crippen molar-refractivity contribution in [2.75, 3.05) is 23.7 Å². The van der Waals surface area contributed by atoms with E-state index in [9.17, 15) is 22.4 Å². The van der Waals surface area contributed by atoms with Crippen molar-refractivity contribution in [3.8, 4) is 0 Å². The van der Waals surface area contributed by atoms with Crippen LogP contribution in [0.2, 0.25) is 0 Å². The number of nitrogens with zero attached hydrogens (tertiary/aromatic N) is 2. The largest absolute Gasteiger partial charge is 0.352 e. The lowest BCUT2D eigenvalue weighted by Gasteiger charge is -2.33. The van der Waals surface area contributed by atoms with Crippen LogP contribution in [0.5, 0.6) is 0 Å². The van der Waals surface area contributed by atoms with Gasteiger partial charge in [-0.25, -0.2) is 12.8 Å². The number of benzene rings is 2. The van der Waals surface area contributed by atoms with Crippen molar-refractivity contribution in [2.45, 2.75) is 52.1 Å². The molecule has 2 rings (SSSR count). The fourth-order valence-electron chi connectivity index (χ4n) is 3.56. The Morgan fingerprint density at radius 1 is 1.00 bits per heavy atom. The van der Waals surface area contributed by atoms with E-state index >= 15 is 0 Å². The molecule has 34 heavy (non-hydrogen) atoms. The van der Waals surface area contributed by atoms with Crippen molar-refractivity contribution in [1.29, 1.82) is 0 Å². The van der Waals surface area contributed by atoms with Gasteiger partial charge in [-0.2, -0.15) is 0 Å². The van der Waals surface area contributed by atoms with Crippen LogP contribution in [0.15, 0.2) is 54.6 Å². The molecule has 0 unspecified atom stereocenters. The highest BCUT2D eigenvalue weighted by Crippen LogP contribution is 2.19. The Bertz CT molecular complexity index is 1050. The molecule has 9 heteroatoms. The van der Waals surface area contributed by atoms with Crippen LogP contribution in [0.25, 0.3) is 0 Å². The summed E-state index contributed by atoms with van der Waals surface area (Å²) in [6.45, 7) is 5.41. The summed E-state index contributed by atoms with van der Waals surface area (Å²) in [5, 5.41) is 2.93. The maximum Gasteiger partial charge on any atom is 0.244 e. The van der Waals surface area contributed by atoms with Crippen molar-refractivity contribution < 1.29 is 22.4 Å². The molecule has 2 aromatic carbocycles. The monoisotopic (exact) mass is 491 g/mol. The summed E-state index contributed by atoms with van der Waals surface area (Å²) in [5.41, 5.74) is 1.17. The molecule has 0 aliphatic carbocycles. The molecular formula is C25H34FN3O4S. The average molecular weight is 492 g/mol. The van der Waals surface area contributed by atoms with Crippen LogP contribution < -0.4 is 9.62 Å². The quantitative estimate of drug-likeness (QED) is 0.493. The van der Waals surface area contributed by atoms with Gasteiger partial charge in [0, 0.05) is 12.6 Å². The van der Waals surface area contributed by atoms with Crippen LogP contribution in [0, 0.1) is 5.82 Å². The fraction of sp³-hybridized carbons (Fsp3) is 0.440. The Kier molecular flexibility index (Phi) is 10.0. The zero-order chi connectivity index (χ0) is 25.3. The number of nitrogens with one attached hydrogen (secondary N) is 1. The van der Waals surface area contributed by atoms with Gasteiger partial charge in [0.1, 0.15) is 18.4 Å². The zero-order valence-corrected chi connectivity index (χ0v) is 21.0. The summed E-state index contributed by atoms with van der Waals surface area (Å²) in [6.07, 6.45) is 2.62. The second-order valence-corrected chi connectivity index (χ2v) is 10.2. The number of anilines is 1. The van der Waals surface area contributed by atoms with E-state index in [-0.39, 0.29) is 24.2 Å². The zero-order valence-electron chi connectivity index (χ0n) is 20.2. The summed E-state index contributed by atoms with van der Waals surface area (Å²) in [6, 6.07) is 13.7. The Labute approximate surface area is 202 Å². The molecule has 7 nitrogen and oxygen atoms in total. The summed E-state index contributed by atoms with van der Waals surface area (Å²) in [7, 11) is -3.84. The molecule has 2 aromatic rings. The Hall–Kier alpha value is -2.94. The summed E-state index contributed by atoms with van der Waals surface area (Å²) < 4.78 is 39.3. The molecule has 1 N–H and O–H groups in total. The lowest BCUT2D eigenvalue weighted by molar-refractivity contribution is -0.139. The standard InChI is InChI=1S/C25H34FN3O4S/c1-5-19(3)27-25(31)23(6-2)28(17-16-20-10-8-7-9-11-20)24(30)18-29(34(4,32)33)22-14-12-21(26)13-15-22/h7-15,19,23H,5-6,16-18H2,1-4H3,(H,27,31)/t19-,23+/m0/s1. The second-order valence-electron chi connectivity index (χ2n) is 8.31. The first-order valence-electron chi connectivity index (χ1n) is 11.4. The molecule has 0 spiro atoms. The third-order valence-corrected chi connectivity index (χ3v) is 6.81. The predicted molar refractivity (Wildman–Crippen MR) is 132 cm³/mol. The maximum absolute atomic E-state index is 13.5. The van der Waals surface area contributed by atoms with Gasteiger partial charge in [0.25, 0.3) is 0 Å². The molecular weight excluding hydrogens is 457 g/mol. The molecule has 0 aromatic heterocycles. The first-order valence-corrected chi connectivity index (χ1v) is 13.3. The van der Waals surface area contributed by atoms with E-state index in [1.165, 1.54) is 17.0 Å². The number of hydrogen-bond donors (Lipinski definition) is 1. The first kappa shape index (κ1) is 27.3. The van der Waals surface area contributed by atoms with Crippen molar-refractivity contribution in [2.24, 2.45) is 0 Å². The number of rotatable bonds is 12. The number of halogens is 1. The molecule has 186 valence electrons. The highest BCUT2D eigenvalue weighted by atomic mass is 32.2. The molecule has 0 fully saturated rings. The number of amides is 2. The average Bonchev–Trinajstić information content (AvgIpc) is 2.80. The number of hydrogen-bond acceptors (Lipinski definition) is 4. The van der Waals surface area contributed by atoms with Crippen LogP contribution >= 0.6 is 0 Å². The number of carbonyl (C=O) groups is 2. The molecule has 0 heterocycles. The van der Waals surface area contributed by atoms with Crippen molar-refractivity contribution in [3.05, 3.63) is 66.0 Å². The molecule has 2 amide bonds. The Balaban J connectivity index is 2.34. The van der Waals surface area contributed by atoms with Crippen molar-refractivity contribution >= 4 is 27.5 Å². The summed E-state index contributed by atoms with van der Waals surface area (Å²) >= 11 is 0. The Morgan fingerprint density at radius 2 is 1.62 bits per heavy atom. The highest BCUT2D eigenvalue weighted by Gasteiger charge is 2.31. The minimum Gasteiger partial charge on any atom is -0.352 e. The summed E-state index contributed by atoms with van der Waals surface area (Å²) in [5.74, 6) is -1.29. The third-order valence-electron chi connectivity index (χ3n) is 5.66. The van der Waals surface area contributed by atoms with E-state index < -0.39 is 34.3 Å². The molecule has 2 atom stereocenters. The van der Waals surface area contributed by atoms with E-state index in [0.29, 0.717) is 12.8 Å². The van der Waals surface area contributed by atoms with Crippen molar-refractivity contribution in [3.63, 3.8) is 0 Å². The van der Waals surface area contributed by atoms with Gasteiger partial charge < -0.3 is 10.2 Å². The van der Waals surface area contributed by atoms with E-state index in [1.807, 2.05) is 51.1 Å². The van der Waals surface area contributed by atoms with E-state index in [1.54, 1.807) is 0 Å². The summed E-state index contributed by atoms with van der Waals surface area (Å²) in [4.78, 5) is 28.0. The van der Waals surface area contributed by atoms with Gasteiger partial charge in [0.15, 0.2) is 0 Å². The van der Waals surface area contributed by atoms with Crippen LogP contribution in [0.1, 0.15) is 39.2 Å². The number of carbonyl (C=O) groups excluding carboxylic acids is 2. The van der Waals surface area contributed by atoms with Gasteiger partial charge in [-0.3, -0.25) is 13.9 Å². The minimum absolute atomic E-state index is 0.0561. The van der Waals surface area contributed by atoms with Crippen LogP contribution in [-0.2, 0) is 26.0 Å². The molecule has 0 aliphatic rings. The molecule has 0 aliphatic heterocycles. The van der Waals surface area contributed by atoms with Gasteiger partial charge >= 0.3 is 0 Å². The Morgan fingerprint density at radius 3 is 2.15 bits per heavy atom. The van der Waals surface area contributed by atoms with Gasteiger partial charge in [0.2, 0.25) is 21.8 Å². The lowest BCUT2D eigenvalue weighted by Crippen LogP contribution is -2.54. The number of sulfonamides is 1. The SMILES string of the molecule is CC[C@H](C(=O)N[C@@H](C)CC)N(CCc1ccccc1)C(=O)CN(c1ccc(F)cc1)S(C)(=O)=O. The maximum atomic E-state index is 13.5. The normalized spacial score (nSPS) is 13.1. The van der Waals surface area contributed by atoms with Gasteiger partial charge in [-0.1, -0.05) is 44.2 Å². The molecule has 0 saturated carbocycles. The van der Waals surface area contributed by atoms with Gasteiger partial charge in [0.05, 0.1) is 11.9 Å². The van der Waals surface area contributed by atoms with Crippen LogP contribution in [0.3, 0.4) is 0 Å². The molecule has 0 saturated heterocycles. The second kappa shape index (κ2) is 12.5. The third kappa shape index (κ3) is 7.83. The molecule has 0 radical (unpaired) electrons. The van der Waals surface area contributed by atoms with Crippen LogP contribution in [-0.4, -0.2) is 56.6 Å². The van der Waals surface area contributed by atoms with Gasteiger partial charge in [-0.05, 0) is 56.0 Å². The smallest absolute Gasteiger partial charge is 0.244 e. The van der Waals surface area contributed by atoms with E-state index in [2.05, 4.69) is 5.32 Å². The van der Waals surface area contributed by atoms with Gasteiger partial charge in [-0.15, -0.1) is 0 Å². The minimum atomic E-state index is -3.84. The van der Waals surface area contributed by atoms with E-state index in [0.717, 1.165) is 34.7 Å².